The quantitative estimate of drug-likeness (QED) is 0.729. The van der Waals surface area contributed by atoms with E-state index in [1.807, 2.05) is 31.2 Å². The Balaban J connectivity index is 1.43. The van der Waals surface area contributed by atoms with E-state index in [9.17, 15) is 14.4 Å². The lowest BCUT2D eigenvalue weighted by Gasteiger charge is -2.24. The fourth-order valence-electron chi connectivity index (χ4n) is 5.01. The van der Waals surface area contributed by atoms with Gasteiger partial charge in [0.15, 0.2) is 0 Å². The lowest BCUT2D eigenvalue weighted by atomic mass is 9.89. The van der Waals surface area contributed by atoms with Gasteiger partial charge in [-0.25, -0.2) is 0 Å². The molecule has 31 heavy (non-hydrogen) atoms. The van der Waals surface area contributed by atoms with Crippen LogP contribution in [0.5, 0.6) is 0 Å². The molecule has 1 aliphatic heterocycles. The normalized spacial score (nSPS) is 23.9. The Labute approximate surface area is 182 Å². The van der Waals surface area contributed by atoms with E-state index in [1.165, 1.54) is 11.1 Å². The molecule has 2 aliphatic rings. The predicted octanol–water partition coefficient (Wildman–Crippen LogP) is 3.00. The molecule has 3 atom stereocenters. The van der Waals surface area contributed by atoms with Crippen LogP contribution in [-0.4, -0.2) is 55.8 Å². The minimum Gasteiger partial charge on any atom is -0.384 e. The number of methoxy groups -OCH3 is 1. The highest BCUT2D eigenvalue weighted by Crippen LogP contribution is 2.44. The summed E-state index contributed by atoms with van der Waals surface area (Å²) in [5.74, 6) is -0.329. The molecule has 1 saturated heterocycles. The first-order valence-electron chi connectivity index (χ1n) is 10.6. The number of carbonyl (C=O) groups is 3. The van der Waals surface area contributed by atoms with E-state index >= 15 is 0 Å². The second-order valence-electron chi connectivity index (χ2n) is 8.97. The Hall–Kier alpha value is -2.99. The first-order chi connectivity index (χ1) is 14.9. The van der Waals surface area contributed by atoms with E-state index in [4.69, 9.17) is 4.74 Å². The summed E-state index contributed by atoms with van der Waals surface area (Å²) in [6, 6.07) is 13.5. The molecule has 4 rings (SSSR count). The summed E-state index contributed by atoms with van der Waals surface area (Å²) >= 11 is 0. The predicted molar refractivity (Wildman–Crippen MR) is 118 cm³/mol. The molecule has 0 bridgehead atoms. The van der Waals surface area contributed by atoms with Crippen LogP contribution in [0.25, 0.3) is 11.1 Å². The second kappa shape index (κ2) is 8.27. The Bertz CT molecular complexity index is 1030. The smallest absolute Gasteiger partial charge is 0.251 e. The summed E-state index contributed by atoms with van der Waals surface area (Å²) in [4.78, 5) is 38.5. The maximum Gasteiger partial charge on any atom is 0.251 e. The summed E-state index contributed by atoms with van der Waals surface area (Å²) in [5.41, 5.74) is 5.02. The van der Waals surface area contributed by atoms with Crippen LogP contribution in [0.15, 0.2) is 42.5 Å². The van der Waals surface area contributed by atoms with Crippen molar-refractivity contribution in [3.8, 4) is 11.1 Å². The van der Waals surface area contributed by atoms with Crippen molar-refractivity contribution in [1.29, 1.82) is 0 Å². The molecule has 162 valence electrons. The zero-order valence-electron chi connectivity index (χ0n) is 18.2. The first kappa shape index (κ1) is 21.2. The highest BCUT2D eigenvalue weighted by atomic mass is 16.5. The monoisotopic (exact) mass is 420 g/mol. The van der Waals surface area contributed by atoms with E-state index in [2.05, 4.69) is 24.4 Å². The van der Waals surface area contributed by atoms with Crippen molar-refractivity contribution in [2.75, 3.05) is 26.8 Å². The molecular formula is C25H28N2O4. The van der Waals surface area contributed by atoms with Gasteiger partial charge in [-0.1, -0.05) is 44.2 Å². The van der Waals surface area contributed by atoms with Crippen molar-refractivity contribution in [3.63, 3.8) is 0 Å². The van der Waals surface area contributed by atoms with Crippen molar-refractivity contribution >= 4 is 18.1 Å². The highest BCUT2D eigenvalue weighted by molar-refractivity contribution is 5.98. The van der Waals surface area contributed by atoms with Gasteiger partial charge in [0.2, 0.25) is 5.91 Å². The van der Waals surface area contributed by atoms with Crippen molar-refractivity contribution in [2.24, 2.45) is 5.41 Å². The third-order valence-electron chi connectivity index (χ3n) is 6.52. The third-order valence-corrected chi connectivity index (χ3v) is 6.52. The molecule has 6 nitrogen and oxygen atoms in total. The lowest BCUT2D eigenvalue weighted by molar-refractivity contribution is -0.133. The minimum absolute atomic E-state index is 0.140. The molecule has 2 aromatic rings. The van der Waals surface area contributed by atoms with Gasteiger partial charge in [0.25, 0.3) is 5.91 Å². The Morgan fingerprint density at radius 2 is 1.94 bits per heavy atom. The SMILES string of the molecule is COC[C@@]1(C)CC(C=O)N(C(=O)CNC(=O)c2ccc3c(c2)C(C)c2ccccc2-3)C1. The Kier molecular flexibility index (Phi) is 5.67. The van der Waals surface area contributed by atoms with Crippen LogP contribution >= 0.6 is 0 Å². The van der Waals surface area contributed by atoms with Crippen LogP contribution in [0.1, 0.15) is 47.7 Å². The van der Waals surface area contributed by atoms with Crippen LogP contribution in [0.3, 0.4) is 0 Å². The largest absolute Gasteiger partial charge is 0.384 e. The average molecular weight is 421 g/mol. The molecule has 1 heterocycles. The van der Waals surface area contributed by atoms with Crippen molar-refractivity contribution < 1.29 is 19.1 Å². The standard InChI is InChI=1S/C25H28N2O4/c1-16-19-6-4-5-7-20(19)21-9-8-17(10-22(16)21)24(30)26-12-23(29)27-14-25(2,15-31-3)11-18(27)13-28/h4-10,13,16,18H,11-12,14-15H2,1-3H3,(H,26,30)/t16?,18?,25-/m0/s1. The van der Waals surface area contributed by atoms with Crippen LogP contribution in [0.2, 0.25) is 0 Å². The molecule has 1 fully saturated rings. The molecule has 1 N–H and O–H groups in total. The number of ether oxygens (including phenoxy) is 1. The minimum atomic E-state index is -0.482. The fourth-order valence-corrected chi connectivity index (χ4v) is 5.01. The van der Waals surface area contributed by atoms with Gasteiger partial charge in [0.05, 0.1) is 19.2 Å². The van der Waals surface area contributed by atoms with Crippen LogP contribution < -0.4 is 5.32 Å². The topological polar surface area (TPSA) is 75.7 Å². The third kappa shape index (κ3) is 3.88. The number of nitrogens with zero attached hydrogens (tertiary/aromatic N) is 1. The number of nitrogens with one attached hydrogen (secondary N) is 1. The molecule has 0 spiro atoms. The molecular weight excluding hydrogens is 392 g/mol. The van der Waals surface area contributed by atoms with Crippen molar-refractivity contribution in [1.82, 2.24) is 10.2 Å². The molecule has 2 unspecified atom stereocenters. The molecule has 6 heteroatoms. The van der Waals surface area contributed by atoms with Crippen LogP contribution in [0, 0.1) is 5.41 Å². The zero-order valence-corrected chi connectivity index (χ0v) is 18.2. The van der Waals surface area contributed by atoms with Crippen LogP contribution in [-0.2, 0) is 14.3 Å². The summed E-state index contributed by atoms with van der Waals surface area (Å²) in [6.07, 6.45) is 1.37. The number of benzene rings is 2. The number of hydrogen-bond acceptors (Lipinski definition) is 4. The van der Waals surface area contributed by atoms with Gasteiger partial charge < -0.3 is 19.7 Å². The number of rotatable bonds is 6. The van der Waals surface area contributed by atoms with Gasteiger partial charge in [-0.05, 0) is 40.8 Å². The maximum absolute atomic E-state index is 12.8. The van der Waals surface area contributed by atoms with Gasteiger partial charge in [-0.3, -0.25) is 9.59 Å². The van der Waals surface area contributed by atoms with E-state index in [-0.39, 0.29) is 29.7 Å². The fraction of sp³-hybridized carbons (Fsp3) is 0.400. The highest BCUT2D eigenvalue weighted by Gasteiger charge is 2.42. The number of amides is 2. The van der Waals surface area contributed by atoms with Gasteiger partial charge in [-0.2, -0.15) is 0 Å². The summed E-state index contributed by atoms with van der Waals surface area (Å²) in [6.45, 7) is 4.91. The first-order valence-corrected chi connectivity index (χ1v) is 10.6. The van der Waals surface area contributed by atoms with Crippen molar-refractivity contribution in [3.05, 3.63) is 59.2 Å². The van der Waals surface area contributed by atoms with Crippen LogP contribution in [0.4, 0.5) is 0 Å². The van der Waals surface area contributed by atoms with Gasteiger partial charge >= 0.3 is 0 Å². The van der Waals surface area contributed by atoms with E-state index in [0.717, 1.165) is 17.4 Å². The summed E-state index contributed by atoms with van der Waals surface area (Å²) in [7, 11) is 1.61. The molecule has 2 amide bonds. The Morgan fingerprint density at radius 1 is 1.19 bits per heavy atom. The van der Waals surface area contributed by atoms with Gasteiger partial charge in [0.1, 0.15) is 6.29 Å². The molecule has 0 saturated carbocycles. The number of likely N-dealkylation sites (tertiary alicyclic amines) is 1. The molecule has 1 aliphatic carbocycles. The molecule has 2 aromatic carbocycles. The van der Waals surface area contributed by atoms with E-state index in [0.29, 0.717) is 25.1 Å². The lowest BCUT2D eigenvalue weighted by Crippen LogP contribution is -2.43. The van der Waals surface area contributed by atoms with E-state index < -0.39 is 6.04 Å². The summed E-state index contributed by atoms with van der Waals surface area (Å²) in [5, 5.41) is 2.73. The molecule has 0 radical (unpaired) electrons. The zero-order chi connectivity index (χ0) is 22.2. The Morgan fingerprint density at radius 3 is 2.68 bits per heavy atom. The number of fused-ring (bicyclic) bond motifs is 3. The van der Waals surface area contributed by atoms with Gasteiger partial charge in [0, 0.05) is 30.6 Å². The number of hydrogen-bond donors (Lipinski definition) is 1. The van der Waals surface area contributed by atoms with Gasteiger partial charge in [-0.15, -0.1) is 0 Å². The number of carbonyl (C=O) groups excluding carboxylic acids is 3. The van der Waals surface area contributed by atoms with E-state index in [1.54, 1.807) is 18.1 Å². The maximum atomic E-state index is 12.8. The average Bonchev–Trinajstić information content (AvgIpc) is 3.26. The molecule has 0 aromatic heterocycles. The second-order valence-corrected chi connectivity index (χ2v) is 8.97. The van der Waals surface area contributed by atoms with Crippen molar-refractivity contribution in [2.45, 2.75) is 32.2 Å². The summed E-state index contributed by atoms with van der Waals surface area (Å²) < 4.78 is 5.25. The number of aldehydes is 1.